The molecule has 1 aliphatic rings. The standard InChI is InChI=1S/C20H12BrClN2O3/c21-13-3-1-12(2-4-13)18-10-9-16(27-18)11-17-19(25)23-24(20(17)26)15-7-5-14(22)6-8-15/h1-11H,(H,23,25). The van der Waals surface area contributed by atoms with Crippen molar-refractivity contribution in [2.75, 3.05) is 5.01 Å². The Kier molecular flexibility index (Phi) is 4.59. The van der Waals surface area contributed by atoms with Crippen molar-refractivity contribution >= 4 is 51.1 Å². The summed E-state index contributed by atoms with van der Waals surface area (Å²) in [6.07, 6.45) is 1.44. The summed E-state index contributed by atoms with van der Waals surface area (Å²) >= 11 is 9.25. The van der Waals surface area contributed by atoms with Crippen LogP contribution < -0.4 is 10.4 Å². The molecule has 2 amide bonds. The van der Waals surface area contributed by atoms with E-state index in [4.69, 9.17) is 16.0 Å². The number of hydrogen-bond acceptors (Lipinski definition) is 3. The summed E-state index contributed by atoms with van der Waals surface area (Å²) in [5.74, 6) is 0.125. The van der Waals surface area contributed by atoms with Gasteiger partial charge in [0.25, 0.3) is 11.8 Å². The second-order valence-corrected chi connectivity index (χ2v) is 7.18. The van der Waals surface area contributed by atoms with Gasteiger partial charge in [-0.15, -0.1) is 0 Å². The molecular formula is C20H12BrClN2O3. The maximum Gasteiger partial charge on any atom is 0.282 e. The minimum atomic E-state index is -0.489. The molecule has 3 aromatic rings. The van der Waals surface area contributed by atoms with Gasteiger partial charge >= 0.3 is 0 Å². The molecule has 2 aromatic carbocycles. The van der Waals surface area contributed by atoms with E-state index in [1.807, 2.05) is 24.3 Å². The molecule has 2 heterocycles. The third kappa shape index (κ3) is 3.54. The highest BCUT2D eigenvalue weighted by Gasteiger charge is 2.34. The van der Waals surface area contributed by atoms with Gasteiger partial charge in [-0.25, -0.2) is 5.01 Å². The molecule has 134 valence electrons. The largest absolute Gasteiger partial charge is 0.457 e. The first-order valence-electron chi connectivity index (χ1n) is 8.00. The van der Waals surface area contributed by atoms with Gasteiger partial charge < -0.3 is 4.42 Å². The Morgan fingerprint density at radius 3 is 2.37 bits per heavy atom. The number of halogens is 2. The van der Waals surface area contributed by atoms with Crippen LogP contribution in [-0.4, -0.2) is 11.8 Å². The summed E-state index contributed by atoms with van der Waals surface area (Å²) in [5, 5.41) is 1.73. The fraction of sp³-hybridized carbons (Fsp3) is 0. The number of furan rings is 1. The van der Waals surface area contributed by atoms with Crippen molar-refractivity contribution in [2.45, 2.75) is 0 Å². The van der Waals surface area contributed by atoms with Crippen LogP contribution >= 0.6 is 27.5 Å². The molecule has 1 saturated heterocycles. The van der Waals surface area contributed by atoms with Crippen molar-refractivity contribution in [1.29, 1.82) is 0 Å². The van der Waals surface area contributed by atoms with Crippen molar-refractivity contribution in [3.8, 4) is 11.3 Å². The zero-order valence-electron chi connectivity index (χ0n) is 13.8. The number of carbonyl (C=O) groups excluding carboxylic acids is 2. The number of hydrogen-bond donors (Lipinski definition) is 1. The van der Waals surface area contributed by atoms with Crippen LogP contribution in [-0.2, 0) is 9.59 Å². The van der Waals surface area contributed by atoms with Crippen LogP contribution in [0, 0.1) is 0 Å². The van der Waals surface area contributed by atoms with E-state index in [0.717, 1.165) is 10.0 Å². The number of anilines is 1. The van der Waals surface area contributed by atoms with Crippen LogP contribution in [0.2, 0.25) is 5.02 Å². The van der Waals surface area contributed by atoms with Crippen molar-refractivity contribution < 1.29 is 14.0 Å². The van der Waals surface area contributed by atoms with E-state index in [9.17, 15) is 9.59 Å². The van der Waals surface area contributed by atoms with Crippen molar-refractivity contribution in [3.63, 3.8) is 0 Å². The Morgan fingerprint density at radius 2 is 1.67 bits per heavy atom. The van der Waals surface area contributed by atoms with E-state index in [-0.39, 0.29) is 5.57 Å². The summed E-state index contributed by atoms with van der Waals surface area (Å²) in [6, 6.07) is 17.8. The monoisotopic (exact) mass is 442 g/mol. The van der Waals surface area contributed by atoms with Crippen LogP contribution in [0.25, 0.3) is 17.4 Å². The zero-order chi connectivity index (χ0) is 19.0. The van der Waals surface area contributed by atoms with E-state index in [1.54, 1.807) is 36.4 Å². The normalized spacial score (nSPS) is 15.5. The molecule has 1 fully saturated rings. The van der Waals surface area contributed by atoms with Crippen LogP contribution in [0.5, 0.6) is 0 Å². The number of carbonyl (C=O) groups is 2. The summed E-state index contributed by atoms with van der Waals surface area (Å²) < 4.78 is 6.73. The lowest BCUT2D eigenvalue weighted by Gasteiger charge is -2.14. The SMILES string of the molecule is O=C1NN(c2ccc(Cl)cc2)C(=O)C1=Cc1ccc(-c2ccc(Br)cc2)o1. The predicted octanol–water partition coefficient (Wildman–Crippen LogP) is 4.82. The first-order chi connectivity index (χ1) is 13.0. The van der Waals surface area contributed by atoms with Gasteiger partial charge in [0.2, 0.25) is 0 Å². The minimum Gasteiger partial charge on any atom is -0.457 e. The topological polar surface area (TPSA) is 62.6 Å². The number of benzene rings is 2. The smallest absolute Gasteiger partial charge is 0.282 e. The zero-order valence-corrected chi connectivity index (χ0v) is 16.1. The lowest BCUT2D eigenvalue weighted by molar-refractivity contribution is -0.117. The van der Waals surface area contributed by atoms with Gasteiger partial charge in [-0.1, -0.05) is 39.7 Å². The molecule has 0 bridgehead atoms. The number of hydrazine groups is 1. The molecule has 0 saturated carbocycles. The molecule has 27 heavy (non-hydrogen) atoms. The van der Waals surface area contributed by atoms with E-state index < -0.39 is 11.8 Å². The summed E-state index contributed by atoms with van der Waals surface area (Å²) in [4.78, 5) is 24.9. The maximum absolute atomic E-state index is 12.6. The first-order valence-corrected chi connectivity index (χ1v) is 9.17. The lowest BCUT2D eigenvalue weighted by Crippen LogP contribution is -2.35. The van der Waals surface area contributed by atoms with Crippen molar-refractivity contribution in [3.05, 3.63) is 81.5 Å². The highest BCUT2D eigenvalue weighted by Crippen LogP contribution is 2.27. The van der Waals surface area contributed by atoms with Gasteiger partial charge in [0, 0.05) is 15.1 Å². The Hall–Kier alpha value is -2.83. The molecule has 4 rings (SSSR count). The Balaban J connectivity index is 1.60. The second kappa shape index (κ2) is 7.06. The number of nitrogens with zero attached hydrogens (tertiary/aromatic N) is 1. The molecule has 7 heteroatoms. The second-order valence-electron chi connectivity index (χ2n) is 5.82. The summed E-state index contributed by atoms with van der Waals surface area (Å²) in [5.41, 5.74) is 3.96. The molecule has 0 unspecified atom stereocenters. The molecule has 1 aliphatic heterocycles. The predicted molar refractivity (Wildman–Crippen MR) is 107 cm³/mol. The summed E-state index contributed by atoms with van der Waals surface area (Å²) in [6.45, 7) is 0. The maximum atomic E-state index is 12.6. The Morgan fingerprint density at radius 1 is 0.963 bits per heavy atom. The van der Waals surface area contributed by atoms with Gasteiger partial charge in [0.15, 0.2) is 0 Å². The van der Waals surface area contributed by atoms with Crippen LogP contribution in [0.3, 0.4) is 0 Å². The van der Waals surface area contributed by atoms with Crippen LogP contribution in [0.15, 0.2) is 75.1 Å². The average molecular weight is 444 g/mol. The number of amides is 2. The van der Waals surface area contributed by atoms with Gasteiger partial charge in [0.1, 0.15) is 17.1 Å². The quantitative estimate of drug-likeness (QED) is 0.466. The third-order valence-corrected chi connectivity index (χ3v) is 4.80. The average Bonchev–Trinajstić information content (AvgIpc) is 3.23. The molecule has 0 radical (unpaired) electrons. The van der Waals surface area contributed by atoms with E-state index in [1.165, 1.54) is 11.1 Å². The molecule has 1 aromatic heterocycles. The lowest BCUT2D eigenvalue weighted by atomic mass is 10.2. The molecule has 0 spiro atoms. The minimum absolute atomic E-state index is 0.00153. The van der Waals surface area contributed by atoms with E-state index in [0.29, 0.717) is 22.2 Å². The van der Waals surface area contributed by atoms with E-state index >= 15 is 0 Å². The number of rotatable bonds is 3. The molecule has 0 aliphatic carbocycles. The van der Waals surface area contributed by atoms with Gasteiger partial charge in [-0.2, -0.15) is 0 Å². The molecule has 5 nitrogen and oxygen atoms in total. The summed E-state index contributed by atoms with van der Waals surface area (Å²) in [7, 11) is 0. The highest BCUT2D eigenvalue weighted by molar-refractivity contribution is 9.10. The highest BCUT2D eigenvalue weighted by atomic mass is 79.9. The van der Waals surface area contributed by atoms with Crippen LogP contribution in [0.1, 0.15) is 5.76 Å². The van der Waals surface area contributed by atoms with Gasteiger partial charge in [-0.05, 0) is 54.6 Å². The molecule has 1 N–H and O–H groups in total. The van der Waals surface area contributed by atoms with E-state index in [2.05, 4.69) is 21.4 Å². The van der Waals surface area contributed by atoms with Crippen LogP contribution in [0.4, 0.5) is 5.69 Å². The Bertz CT molecular complexity index is 1060. The fourth-order valence-corrected chi connectivity index (χ4v) is 3.06. The third-order valence-electron chi connectivity index (χ3n) is 4.02. The van der Waals surface area contributed by atoms with Gasteiger partial charge in [-0.3, -0.25) is 15.0 Å². The first kappa shape index (κ1) is 17.6. The van der Waals surface area contributed by atoms with Crippen molar-refractivity contribution in [1.82, 2.24) is 5.43 Å². The molecule has 0 atom stereocenters. The fourth-order valence-electron chi connectivity index (χ4n) is 2.67. The Labute approximate surface area is 168 Å². The van der Waals surface area contributed by atoms with Crippen molar-refractivity contribution in [2.24, 2.45) is 0 Å². The van der Waals surface area contributed by atoms with Gasteiger partial charge in [0.05, 0.1) is 5.69 Å². The molecular weight excluding hydrogens is 432 g/mol. The number of nitrogens with one attached hydrogen (secondary N) is 1.